The van der Waals surface area contributed by atoms with Crippen LogP contribution in [-0.4, -0.2) is 21.5 Å². The number of ketones is 1. The molecule has 2 aliphatic heterocycles. The number of anilines is 2. The van der Waals surface area contributed by atoms with E-state index in [4.69, 9.17) is 10.2 Å². The van der Waals surface area contributed by atoms with Gasteiger partial charge in [-0.15, -0.1) is 0 Å². The highest BCUT2D eigenvalue weighted by Crippen LogP contribution is 2.48. The number of hydrogen-bond donors (Lipinski definition) is 0. The maximum atomic E-state index is 12.4. The highest BCUT2D eigenvalue weighted by Gasteiger charge is 2.50. The topological polar surface area (TPSA) is 48.3 Å². The van der Waals surface area contributed by atoms with Crippen molar-refractivity contribution in [3.63, 3.8) is 0 Å². The summed E-state index contributed by atoms with van der Waals surface area (Å²) in [6, 6.07) is 26.2. The molecule has 164 valence electrons. The average molecular weight is 517 g/mol. The maximum absolute atomic E-state index is 12.4. The van der Waals surface area contributed by atoms with Crippen molar-refractivity contribution in [2.24, 2.45) is 10.2 Å². The van der Waals surface area contributed by atoms with Crippen molar-refractivity contribution in [3.05, 3.63) is 107 Å². The van der Waals surface area contributed by atoms with Gasteiger partial charge in [-0.3, -0.25) is 4.79 Å². The number of thioether (sulfide) groups is 1. The fourth-order valence-electron chi connectivity index (χ4n) is 3.81. The van der Waals surface area contributed by atoms with E-state index in [0.717, 1.165) is 32.7 Å². The van der Waals surface area contributed by atoms with Crippen molar-refractivity contribution in [1.29, 1.82) is 0 Å². The van der Waals surface area contributed by atoms with Crippen LogP contribution in [0.3, 0.4) is 0 Å². The Hall–Kier alpha value is -3.16. The molecule has 0 bridgehead atoms. The van der Waals surface area contributed by atoms with Crippen molar-refractivity contribution >= 4 is 55.6 Å². The van der Waals surface area contributed by atoms with Crippen molar-refractivity contribution in [3.8, 4) is 0 Å². The Balaban J connectivity index is 1.68. The molecule has 5 nitrogen and oxygen atoms in total. The molecule has 0 fully saturated rings. The first-order chi connectivity index (χ1) is 16.0. The van der Waals surface area contributed by atoms with E-state index in [1.165, 1.54) is 11.8 Å². The lowest BCUT2D eigenvalue weighted by atomic mass is 10.1. The van der Waals surface area contributed by atoms with Crippen LogP contribution < -0.4 is 10.0 Å². The third-order valence-electron chi connectivity index (χ3n) is 5.40. The summed E-state index contributed by atoms with van der Waals surface area (Å²) >= 11 is 4.91. The van der Waals surface area contributed by atoms with Crippen LogP contribution >= 0.6 is 27.7 Å². The van der Waals surface area contributed by atoms with Gasteiger partial charge in [-0.25, -0.2) is 10.0 Å². The van der Waals surface area contributed by atoms with Crippen molar-refractivity contribution in [2.45, 2.75) is 18.8 Å². The Morgan fingerprint density at radius 3 is 2.30 bits per heavy atom. The third-order valence-corrected chi connectivity index (χ3v) is 7.27. The predicted octanol–water partition coefficient (Wildman–Crippen LogP) is 6.35. The van der Waals surface area contributed by atoms with Gasteiger partial charge in [-0.1, -0.05) is 58.4 Å². The lowest BCUT2D eigenvalue weighted by Crippen LogP contribution is -2.53. The first kappa shape index (κ1) is 21.7. The second kappa shape index (κ2) is 8.65. The number of allylic oxidation sites excluding steroid dienone is 1. The van der Waals surface area contributed by atoms with E-state index in [-0.39, 0.29) is 5.78 Å². The number of aryl methyl sites for hydroxylation is 1. The smallest absolute Gasteiger partial charge is 0.227 e. The lowest BCUT2D eigenvalue weighted by Gasteiger charge is -2.43. The van der Waals surface area contributed by atoms with Gasteiger partial charge in [0, 0.05) is 17.0 Å². The number of rotatable bonds is 4. The average Bonchev–Trinajstić information content (AvgIpc) is 3.21. The van der Waals surface area contributed by atoms with Gasteiger partial charge >= 0.3 is 0 Å². The van der Waals surface area contributed by atoms with Crippen LogP contribution in [0.5, 0.6) is 0 Å². The molecule has 0 N–H and O–H groups in total. The van der Waals surface area contributed by atoms with E-state index in [1.54, 1.807) is 6.92 Å². The van der Waals surface area contributed by atoms with E-state index < -0.39 is 4.99 Å². The predicted molar refractivity (Wildman–Crippen MR) is 141 cm³/mol. The van der Waals surface area contributed by atoms with Crippen molar-refractivity contribution in [1.82, 2.24) is 0 Å². The van der Waals surface area contributed by atoms with Crippen LogP contribution in [0.15, 0.2) is 106 Å². The molecular weight excluding hydrogens is 496 g/mol. The molecule has 0 saturated heterocycles. The van der Waals surface area contributed by atoms with Gasteiger partial charge in [0.25, 0.3) is 0 Å². The minimum absolute atomic E-state index is 0.0707. The quantitative estimate of drug-likeness (QED) is 0.405. The standard InChI is InChI=1S/C26H21BrN4OS/c1-18-7-6-10-23(17-18)31-26(33-25(29-31)19(2)32)16-15-24(20-11-13-21(27)14-12-20)28-30(26)22-8-4-3-5-9-22/h3-17H,1-2H3. The fourth-order valence-corrected chi connectivity index (χ4v) is 5.22. The molecule has 3 aromatic carbocycles. The molecule has 0 radical (unpaired) electrons. The number of halogens is 1. The molecular formula is C26H21BrN4OS. The number of para-hydroxylation sites is 1. The minimum atomic E-state index is -0.852. The largest absolute Gasteiger partial charge is 0.292 e. The van der Waals surface area contributed by atoms with Gasteiger partial charge in [0.1, 0.15) is 0 Å². The summed E-state index contributed by atoms with van der Waals surface area (Å²) in [5.41, 5.74) is 4.75. The number of carbonyl (C=O) groups is 1. The normalized spacial score (nSPS) is 19.6. The summed E-state index contributed by atoms with van der Waals surface area (Å²) in [7, 11) is 0. The van der Waals surface area contributed by atoms with Crippen LogP contribution in [0.1, 0.15) is 18.1 Å². The molecule has 0 amide bonds. The van der Waals surface area contributed by atoms with Crippen LogP contribution in [0.4, 0.5) is 11.4 Å². The second-order valence-corrected chi connectivity index (χ2v) is 9.95. The summed E-state index contributed by atoms with van der Waals surface area (Å²) in [5, 5.41) is 14.1. The zero-order valence-electron chi connectivity index (χ0n) is 18.1. The number of hydrazone groups is 2. The molecule has 0 aliphatic carbocycles. The fraction of sp³-hybridized carbons (Fsp3) is 0.115. The molecule has 0 saturated carbocycles. The van der Waals surface area contributed by atoms with Gasteiger partial charge in [0.15, 0.2) is 10.8 Å². The zero-order valence-corrected chi connectivity index (χ0v) is 20.5. The van der Waals surface area contributed by atoms with Crippen LogP contribution in [0.2, 0.25) is 0 Å². The van der Waals surface area contributed by atoms with E-state index >= 15 is 0 Å². The van der Waals surface area contributed by atoms with Gasteiger partial charge in [0.2, 0.25) is 4.99 Å². The molecule has 5 rings (SSSR count). The second-order valence-electron chi connectivity index (χ2n) is 7.85. The Labute approximate surface area is 205 Å². The number of benzene rings is 3. The molecule has 1 unspecified atom stereocenters. The van der Waals surface area contributed by atoms with Crippen molar-refractivity contribution < 1.29 is 4.79 Å². The lowest BCUT2D eigenvalue weighted by molar-refractivity contribution is -0.110. The first-order valence-corrected chi connectivity index (χ1v) is 12.1. The number of carbonyl (C=O) groups excluding carboxylic acids is 1. The van der Waals surface area contributed by atoms with Crippen molar-refractivity contribution in [2.75, 3.05) is 10.0 Å². The summed E-state index contributed by atoms with van der Waals surface area (Å²) in [4.78, 5) is 11.6. The first-order valence-electron chi connectivity index (χ1n) is 10.5. The molecule has 2 heterocycles. The Kier molecular flexibility index (Phi) is 5.68. The molecule has 7 heteroatoms. The molecule has 33 heavy (non-hydrogen) atoms. The number of Topliss-reactive ketones (excluding diaryl/α,β-unsaturated/α-hetero) is 1. The van der Waals surface area contributed by atoms with Crippen LogP contribution in [-0.2, 0) is 4.79 Å². The highest BCUT2D eigenvalue weighted by molar-refractivity contribution is 9.10. The van der Waals surface area contributed by atoms with Gasteiger partial charge < -0.3 is 0 Å². The Morgan fingerprint density at radius 2 is 1.61 bits per heavy atom. The summed E-state index contributed by atoms with van der Waals surface area (Å²) in [6.45, 7) is 3.60. The molecule has 3 aromatic rings. The minimum Gasteiger partial charge on any atom is -0.292 e. The molecule has 0 aromatic heterocycles. The van der Waals surface area contributed by atoms with Gasteiger partial charge in [-0.2, -0.15) is 10.2 Å². The summed E-state index contributed by atoms with van der Waals surface area (Å²) < 4.78 is 1.01. The van der Waals surface area contributed by atoms with Crippen LogP contribution in [0.25, 0.3) is 0 Å². The summed E-state index contributed by atoms with van der Waals surface area (Å²) in [6.07, 6.45) is 4.09. The summed E-state index contributed by atoms with van der Waals surface area (Å²) in [5.74, 6) is -0.0707. The van der Waals surface area contributed by atoms with Gasteiger partial charge in [0.05, 0.1) is 17.1 Å². The molecule has 1 atom stereocenters. The highest BCUT2D eigenvalue weighted by atomic mass is 79.9. The molecule has 2 aliphatic rings. The van der Waals surface area contributed by atoms with Gasteiger partial charge in [-0.05, 0) is 72.8 Å². The SMILES string of the molecule is CC(=O)C1=NN(c2cccc(C)c2)C2(C=CC(c3ccc(Br)cc3)=NN2c2ccccc2)S1. The Bertz CT molecular complexity index is 1300. The maximum Gasteiger partial charge on any atom is 0.227 e. The third kappa shape index (κ3) is 4.03. The molecule has 1 spiro atoms. The van der Waals surface area contributed by atoms with E-state index in [9.17, 15) is 4.79 Å². The van der Waals surface area contributed by atoms with E-state index in [1.807, 2.05) is 95.8 Å². The monoisotopic (exact) mass is 516 g/mol. The van der Waals surface area contributed by atoms with E-state index in [2.05, 4.69) is 28.1 Å². The number of hydrogen-bond acceptors (Lipinski definition) is 6. The number of nitrogens with zero attached hydrogens (tertiary/aromatic N) is 4. The Morgan fingerprint density at radius 1 is 0.909 bits per heavy atom. The van der Waals surface area contributed by atoms with Crippen LogP contribution in [0, 0.1) is 6.92 Å². The van der Waals surface area contributed by atoms with E-state index in [0.29, 0.717) is 5.04 Å². The zero-order chi connectivity index (χ0) is 23.0.